The summed E-state index contributed by atoms with van der Waals surface area (Å²) in [6.45, 7) is 16.2. The molecule has 2 aromatic heterocycles. The minimum Gasteiger partial charge on any atom is -0.454 e. The third kappa shape index (κ3) is 3.63. The molecule has 0 spiro atoms. The van der Waals surface area contributed by atoms with Crippen molar-refractivity contribution in [3.63, 3.8) is 0 Å². The smallest absolute Gasteiger partial charge is 0.228 e. The third-order valence-corrected chi connectivity index (χ3v) is 8.49. The molecule has 2 nitrogen and oxygen atoms in total. The van der Waals surface area contributed by atoms with Gasteiger partial charge in [0.15, 0.2) is 11.9 Å². The number of fused-ring (bicyclic) bond motifs is 5. The summed E-state index contributed by atoms with van der Waals surface area (Å²) in [6, 6.07) is 15.7. The van der Waals surface area contributed by atoms with E-state index in [0.717, 1.165) is 24.3 Å². The summed E-state index contributed by atoms with van der Waals surface area (Å²) in [6.07, 6.45) is 4.18. The van der Waals surface area contributed by atoms with E-state index in [4.69, 9.17) is 4.74 Å². The van der Waals surface area contributed by atoms with Gasteiger partial charge in [-0.05, 0) is 57.7 Å². The van der Waals surface area contributed by atoms with Crippen LogP contribution in [0.15, 0.2) is 48.7 Å². The van der Waals surface area contributed by atoms with Gasteiger partial charge < -0.3 is 4.74 Å². The van der Waals surface area contributed by atoms with Crippen LogP contribution in [0.4, 0.5) is 0 Å². The number of benzene rings is 3. The molecule has 5 aromatic rings. The molecule has 0 amide bonds. The first kappa shape index (κ1) is 23.5. The summed E-state index contributed by atoms with van der Waals surface area (Å²) in [4.78, 5) is 1.35. The van der Waals surface area contributed by atoms with Gasteiger partial charge in [0.1, 0.15) is 18.2 Å². The van der Waals surface area contributed by atoms with E-state index in [-0.39, 0.29) is 10.8 Å². The quantitative estimate of drug-likeness (QED) is 0.173. The molecule has 6 rings (SSSR count). The number of thiophene rings is 1. The lowest BCUT2D eigenvalue weighted by molar-refractivity contribution is -0.659. The number of ether oxygens (including phenoxy) is 1. The second-order valence-electron chi connectivity index (χ2n) is 13.0. The normalized spacial score (nSPS) is 13.4. The molecule has 0 saturated heterocycles. The van der Waals surface area contributed by atoms with Gasteiger partial charge in [-0.15, -0.1) is 11.3 Å². The fourth-order valence-corrected chi connectivity index (χ4v) is 7.37. The predicted molar refractivity (Wildman–Crippen MR) is 155 cm³/mol. The Hall–Kier alpha value is -2.91. The first-order valence-electron chi connectivity index (χ1n) is 13.0. The van der Waals surface area contributed by atoms with Gasteiger partial charge in [0.05, 0.1) is 10.3 Å². The topological polar surface area (TPSA) is 13.1 Å². The molecule has 1 aliphatic heterocycles. The van der Waals surface area contributed by atoms with Crippen LogP contribution in [0.25, 0.3) is 42.9 Å². The van der Waals surface area contributed by atoms with Crippen LogP contribution in [0, 0.1) is 17.8 Å². The van der Waals surface area contributed by atoms with Crippen molar-refractivity contribution >= 4 is 43.0 Å². The minimum absolute atomic E-state index is 0.119. The first-order chi connectivity index (χ1) is 16.9. The van der Waals surface area contributed by atoms with Crippen LogP contribution < -0.4 is 9.30 Å². The van der Waals surface area contributed by atoms with Gasteiger partial charge in [-0.25, -0.2) is 4.57 Å². The van der Waals surface area contributed by atoms with E-state index in [9.17, 15) is 0 Å². The Kier molecular flexibility index (Phi) is 5.08. The van der Waals surface area contributed by atoms with Gasteiger partial charge in [-0.2, -0.15) is 0 Å². The van der Waals surface area contributed by atoms with Gasteiger partial charge in [0.25, 0.3) is 0 Å². The Morgan fingerprint density at radius 3 is 2.25 bits per heavy atom. The number of rotatable bonds is 2. The van der Waals surface area contributed by atoms with Crippen LogP contribution in [-0.2, 0) is 19.9 Å². The fraction of sp³-hybridized carbons (Fsp3) is 0.364. The number of nitrogens with zero attached hydrogens (tertiary/aromatic N) is 1. The lowest BCUT2D eigenvalue weighted by Crippen LogP contribution is -2.31. The number of hydrogen-bond acceptors (Lipinski definition) is 2. The minimum atomic E-state index is 0.119. The van der Waals surface area contributed by atoms with E-state index in [0.29, 0.717) is 0 Å². The maximum absolute atomic E-state index is 7.13. The molecule has 0 fully saturated rings. The van der Waals surface area contributed by atoms with E-state index in [1.807, 2.05) is 11.3 Å². The Balaban J connectivity index is 1.79. The number of pyridine rings is 1. The SMILES string of the molecule is Cc1c2c(c(CC(C)(C)C)c3c1ccc1ccccc13)Oc1c(CC(C)(C)C)sc3cc[n+](C)c-2c13. The third-order valence-electron chi connectivity index (χ3n) is 7.35. The van der Waals surface area contributed by atoms with E-state index in [2.05, 4.69) is 109 Å². The Labute approximate surface area is 218 Å². The van der Waals surface area contributed by atoms with Gasteiger partial charge in [0, 0.05) is 16.5 Å². The largest absolute Gasteiger partial charge is 0.454 e. The monoisotopic (exact) mass is 494 g/mol. The van der Waals surface area contributed by atoms with Crippen molar-refractivity contribution in [1.29, 1.82) is 0 Å². The first-order valence-corrected chi connectivity index (χ1v) is 13.8. The molecule has 0 radical (unpaired) electrons. The molecule has 0 N–H and O–H groups in total. The van der Waals surface area contributed by atoms with Crippen molar-refractivity contribution in [2.75, 3.05) is 0 Å². The van der Waals surface area contributed by atoms with E-state index < -0.39 is 0 Å². The van der Waals surface area contributed by atoms with Crippen LogP contribution in [0.2, 0.25) is 0 Å². The molecule has 3 heterocycles. The van der Waals surface area contributed by atoms with Crippen molar-refractivity contribution in [2.24, 2.45) is 17.9 Å². The van der Waals surface area contributed by atoms with E-state index in [1.165, 1.54) is 58.9 Å². The number of aromatic nitrogens is 1. The molecule has 1 aliphatic rings. The highest BCUT2D eigenvalue weighted by Crippen LogP contribution is 2.55. The van der Waals surface area contributed by atoms with E-state index >= 15 is 0 Å². The lowest BCUT2D eigenvalue weighted by Gasteiger charge is -2.28. The summed E-state index contributed by atoms with van der Waals surface area (Å²) in [5.74, 6) is 2.15. The second kappa shape index (κ2) is 7.79. The van der Waals surface area contributed by atoms with E-state index in [1.54, 1.807) is 0 Å². The van der Waals surface area contributed by atoms with Crippen molar-refractivity contribution in [1.82, 2.24) is 0 Å². The molecule has 184 valence electrons. The zero-order valence-electron chi connectivity index (χ0n) is 22.8. The maximum Gasteiger partial charge on any atom is 0.228 e. The lowest BCUT2D eigenvalue weighted by atomic mass is 9.80. The van der Waals surface area contributed by atoms with Crippen LogP contribution in [0.1, 0.15) is 57.5 Å². The highest BCUT2D eigenvalue weighted by Gasteiger charge is 2.37. The molecular formula is C33H36NOS+. The van der Waals surface area contributed by atoms with Crippen LogP contribution in [0.5, 0.6) is 11.5 Å². The van der Waals surface area contributed by atoms with Crippen molar-refractivity contribution < 1.29 is 9.30 Å². The standard InChI is InChI=1S/C33H36NOS/c1-19-21-14-13-20-11-9-10-12-22(20)27(21)23(17-32(2,3)4)30-26(19)29-28-24(15-16-34(29)8)36-25(31(28)35-30)18-33(5,6)7/h9-16H,17-18H2,1-8H3/q+1. The molecule has 0 atom stereocenters. The molecule has 0 unspecified atom stereocenters. The van der Waals surface area contributed by atoms with Gasteiger partial charge in [0.2, 0.25) is 5.69 Å². The van der Waals surface area contributed by atoms with Crippen LogP contribution in [0.3, 0.4) is 0 Å². The van der Waals surface area contributed by atoms with Gasteiger partial charge in [-0.3, -0.25) is 0 Å². The van der Waals surface area contributed by atoms with Gasteiger partial charge in [-0.1, -0.05) is 77.9 Å². The van der Waals surface area contributed by atoms with Crippen molar-refractivity contribution in [2.45, 2.75) is 61.3 Å². The highest BCUT2D eigenvalue weighted by atomic mass is 32.1. The van der Waals surface area contributed by atoms with Crippen LogP contribution in [-0.4, -0.2) is 0 Å². The zero-order valence-corrected chi connectivity index (χ0v) is 23.6. The fourth-order valence-electron chi connectivity index (χ4n) is 5.94. The molecular weight excluding hydrogens is 458 g/mol. The average molecular weight is 495 g/mol. The zero-order chi connectivity index (χ0) is 25.6. The Morgan fingerprint density at radius 2 is 1.53 bits per heavy atom. The van der Waals surface area contributed by atoms with Crippen molar-refractivity contribution in [3.8, 4) is 22.8 Å². The average Bonchev–Trinajstić information content (AvgIpc) is 3.13. The molecule has 3 heteroatoms. The summed E-state index contributed by atoms with van der Waals surface area (Å²) < 4.78 is 10.8. The highest BCUT2D eigenvalue weighted by molar-refractivity contribution is 7.19. The molecule has 0 saturated carbocycles. The molecule has 3 aromatic carbocycles. The number of aryl methyl sites for hydroxylation is 2. The number of hydrogen-bond donors (Lipinski definition) is 0. The Bertz CT molecular complexity index is 1690. The summed E-state index contributed by atoms with van der Waals surface area (Å²) in [7, 11) is 2.18. The maximum atomic E-state index is 7.13. The summed E-state index contributed by atoms with van der Waals surface area (Å²) in [5, 5.41) is 6.57. The Morgan fingerprint density at radius 1 is 0.806 bits per heavy atom. The molecule has 0 aliphatic carbocycles. The summed E-state index contributed by atoms with van der Waals surface area (Å²) >= 11 is 1.90. The summed E-state index contributed by atoms with van der Waals surface area (Å²) in [5.41, 5.74) is 5.51. The van der Waals surface area contributed by atoms with Crippen molar-refractivity contribution in [3.05, 3.63) is 64.7 Å². The second-order valence-corrected chi connectivity index (χ2v) is 14.1. The molecule has 36 heavy (non-hydrogen) atoms. The van der Waals surface area contributed by atoms with Crippen LogP contribution >= 0.6 is 11.3 Å². The molecule has 0 bridgehead atoms. The van der Waals surface area contributed by atoms with Gasteiger partial charge >= 0.3 is 0 Å². The predicted octanol–water partition coefficient (Wildman–Crippen LogP) is 9.29.